The van der Waals surface area contributed by atoms with E-state index < -0.39 is 0 Å². The number of hydrogen-bond donors (Lipinski definition) is 2. The van der Waals surface area contributed by atoms with Crippen molar-refractivity contribution in [3.05, 3.63) is 21.4 Å². The van der Waals surface area contributed by atoms with Crippen molar-refractivity contribution < 1.29 is 0 Å². The molecule has 0 fully saturated rings. The van der Waals surface area contributed by atoms with Gasteiger partial charge in [0.15, 0.2) is 0 Å². The monoisotopic (exact) mass is 182 g/mol. The molecule has 1 aliphatic rings. The van der Waals surface area contributed by atoms with Crippen LogP contribution in [-0.4, -0.2) is 7.05 Å². The fourth-order valence-electron chi connectivity index (χ4n) is 1.46. The van der Waals surface area contributed by atoms with Gasteiger partial charge in [-0.1, -0.05) is 0 Å². The number of thiophene rings is 1. The van der Waals surface area contributed by atoms with Crippen LogP contribution in [0, 0.1) is 0 Å². The van der Waals surface area contributed by atoms with E-state index in [-0.39, 0.29) is 0 Å². The van der Waals surface area contributed by atoms with Crippen LogP contribution in [0.3, 0.4) is 0 Å². The van der Waals surface area contributed by atoms with Gasteiger partial charge in [-0.2, -0.15) is 0 Å². The molecule has 3 heteroatoms. The molecule has 12 heavy (non-hydrogen) atoms. The van der Waals surface area contributed by atoms with Gasteiger partial charge in [0.1, 0.15) is 0 Å². The van der Waals surface area contributed by atoms with Gasteiger partial charge in [-0.15, -0.1) is 11.3 Å². The average molecular weight is 182 g/mol. The normalized spacial score (nSPS) is 17.8. The SMILES string of the molecule is CNC(C)c1cc2c(s1)CNC2. The van der Waals surface area contributed by atoms with Crippen LogP contribution in [0.4, 0.5) is 0 Å². The Morgan fingerprint density at radius 1 is 1.58 bits per heavy atom. The minimum Gasteiger partial charge on any atom is -0.313 e. The van der Waals surface area contributed by atoms with Crippen molar-refractivity contribution in [3.8, 4) is 0 Å². The first-order chi connectivity index (χ1) is 5.81. The highest BCUT2D eigenvalue weighted by atomic mass is 32.1. The summed E-state index contributed by atoms with van der Waals surface area (Å²) in [4.78, 5) is 2.98. The molecular weight excluding hydrogens is 168 g/mol. The third-order valence-electron chi connectivity index (χ3n) is 2.38. The Morgan fingerprint density at radius 2 is 2.42 bits per heavy atom. The maximum atomic E-state index is 3.34. The van der Waals surface area contributed by atoms with Crippen molar-refractivity contribution in [3.63, 3.8) is 0 Å². The first-order valence-corrected chi connectivity index (χ1v) is 5.12. The largest absolute Gasteiger partial charge is 0.313 e. The van der Waals surface area contributed by atoms with Gasteiger partial charge in [-0.25, -0.2) is 0 Å². The molecule has 1 atom stereocenters. The van der Waals surface area contributed by atoms with Crippen LogP contribution in [0.15, 0.2) is 6.07 Å². The fraction of sp³-hybridized carbons (Fsp3) is 0.556. The molecule has 66 valence electrons. The molecule has 0 aliphatic carbocycles. The van der Waals surface area contributed by atoms with Crippen LogP contribution >= 0.6 is 11.3 Å². The van der Waals surface area contributed by atoms with Crippen molar-refractivity contribution in [2.24, 2.45) is 0 Å². The van der Waals surface area contributed by atoms with Crippen LogP contribution in [0.5, 0.6) is 0 Å². The lowest BCUT2D eigenvalue weighted by atomic mass is 10.2. The molecule has 0 radical (unpaired) electrons. The van der Waals surface area contributed by atoms with E-state index in [9.17, 15) is 0 Å². The van der Waals surface area contributed by atoms with Crippen molar-refractivity contribution in [2.45, 2.75) is 26.1 Å². The lowest BCUT2D eigenvalue weighted by Gasteiger charge is -2.06. The highest BCUT2D eigenvalue weighted by Crippen LogP contribution is 2.29. The molecule has 0 saturated heterocycles. The van der Waals surface area contributed by atoms with E-state index in [1.165, 1.54) is 15.3 Å². The maximum absolute atomic E-state index is 3.34. The Balaban J connectivity index is 2.25. The number of rotatable bonds is 2. The van der Waals surface area contributed by atoms with Crippen LogP contribution in [0.1, 0.15) is 28.3 Å². The van der Waals surface area contributed by atoms with E-state index in [1.54, 1.807) is 0 Å². The van der Waals surface area contributed by atoms with Gasteiger partial charge in [0.2, 0.25) is 0 Å². The lowest BCUT2D eigenvalue weighted by Crippen LogP contribution is -2.11. The molecule has 0 bridgehead atoms. The van der Waals surface area contributed by atoms with E-state index in [0.29, 0.717) is 6.04 Å². The summed E-state index contributed by atoms with van der Waals surface area (Å²) in [6.45, 7) is 4.33. The summed E-state index contributed by atoms with van der Waals surface area (Å²) >= 11 is 1.93. The Hall–Kier alpha value is -0.380. The molecule has 1 aliphatic heterocycles. The molecule has 0 spiro atoms. The molecule has 0 aromatic carbocycles. The molecule has 1 aromatic heterocycles. The Labute approximate surface area is 77.0 Å². The standard InChI is InChI=1S/C9H14N2S/c1-6(10-2)8-3-7-4-11-5-9(7)12-8/h3,6,10-11H,4-5H2,1-2H3. The third-order valence-corrected chi connectivity index (χ3v) is 3.74. The van der Waals surface area contributed by atoms with Gasteiger partial charge in [0.05, 0.1) is 0 Å². The zero-order chi connectivity index (χ0) is 8.55. The molecule has 1 unspecified atom stereocenters. The summed E-state index contributed by atoms with van der Waals surface area (Å²) < 4.78 is 0. The molecular formula is C9H14N2S. The zero-order valence-corrected chi connectivity index (χ0v) is 8.29. The average Bonchev–Trinajstić information content (AvgIpc) is 2.60. The van der Waals surface area contributed by atoms with Gasteiger partial charge >= 0.3 is 0 Å². The molecule has 2 heterocycles. The summed E-state index contributed by atoms with van der Waals surface area (Å²) in [6, 6.07) is 2.82. The predicted octanol–water partition coefficient (Wildman–Crippen LogP) is 1.63. The first-order valence-electron chi connectivity index (χ1n) is 4.30. The quantitative estimate of drug-likeness (QED) is 0.726. The van der Waals surface area contributed by atoms with Gasteiger partial charge in [-0.3, -0.25) is 0 Å². The summed E-state index contributed by atoms with van der Waals surface area (Å²) in [6.07, 6.45) is 0. The van der Waals surface area contributed by atoms with E-state index in [4.69, 9.17) is 0 Å². The zero-order valence-electron chi connectivity index (χ0n) is 7.48. The Morgan fingerprint density at radius 3 is 3.08 bits per heavy atom. The van der Waals surface area contributed by atoms with Crippen LogP contribution in [-0.2, 0) is 13.1 Å². The lowest BCUT2D eigenvalue weighted by molar-refractivity contribution is 0.662. The minimum absolute atomic E-state index is 0.501. The predicted molar refractivity (Wildman–Crippen MR) is 52.3 cm³/mol. The number of hydrogen-bond acceptors (Lipinski definition) is 3. The second-order valence-electron chi connectivity index (χ2n) is 3.21. The van der Waals surface area contributed by atoms with Crippen LogP contribution < -0.4 is 10.6 Å². The van der Waals surface area contributed by atoms with Crippen LogP contribution in [0.2, 0.25) is 0 Å². The summed E-state index contributed by atoms with van der Waals surface area (Å²) in [7, 11) is 2.01. The van der Waals surface area contributed by atoms with E-state index in [0.717, 1.165) is 13.1 Å². The third kappa shape index (κ3) is 1.28. The minimum atomic E-state index is 0.501. The molecule has 2 nitrogen and oxygen atoms in total. The second kappa shape index (κ2) is 3.17. The second-order valence-corrected chi connectivity index (χ2v) is 4.38. The van der Waals surface area contributed by atoms with E-state index in [2.05, 4.69) is 23.6 Å². The maximum Gasteiger partial charge on any atom is 0.0383 e. The van der Waals surface area contributed by atoms with E-state index in [1.807, 2.05) is 18.4 Å². The van der Waals surface area contributed by atoms with E-state index >= 15 is 0 Å². The summed E-state index contributed by atoms with van der Waals surface area (Å²) in [5.41, 5.74) is 1.50. The van der Waals surface area contributed by atoms with Gasteiger partial charge in [0.25, 0.3) is 0 Å². The number of nitrogens with one attached hydrogen (secondary N) is 2. The molecule has 0 saturated carbocycles. The molecule has 1 aromatic rings. The molecule has 2 N–H and O–H groups in total. The van der Waals surface area contributed by atoms with Gasteiger partial charge in [-0.05, 0) is 25.6 Å². The number of fused-ring (bicyclic) bond motifs is 1. The fourth-order valence-corrected chi connectivity index (χ4v) is 2.67. The summed E-state index contributed by atoms with van der Waals surface area (Å²) in [5.74, 6) is 0. The topological polar surface area (TPSA) is 24.1 Å². The smallest absolute Gasteiger partial charge is 0.0383 e. The molecule has 0 amide bonds. The highest BCUT2D eigenvalue weighted by Gasteiger charge is 2.16. The molecule has 2 rings (SSSR count). The highest BCUT2D eigenvalue weighted by molar-refractivity contribution is 7.12. The van der Waals surface area contributed by atoms with Crippen LogP contribution in [0.25, 0.3) is 0 Å². The first kappa shape index (κ1) is 8.23. The van der Waals surface area contributed by atoms with Gasteiger partial charge < -0.3 is 10.6 Å². The van der Waals surface area contributed by atoms with Crippen molar-refractivity contribution in [1.82, 2.24) is 10.6 Å². The Kier molecular flexibility index (Phi) is 2.17. The van der Waals surface area contributed by atoms with Crippen molar-refractivity contribution in [2.75, 3.05) is 7.05 Å². The summed E-state index contributed by atoms with van der Waals surface area (Å²) in [5, 5.41) is 6.60. The van der Waals surface area contributed by atoms with Gasteiger partial charge in [0, 0.05) is 28.9 Å². The van der Waals surface area contributed by atoms with Crippen molar-refractivity contribution >= 4 is 11.3 Å². The Bertz CT molecular complexity index is 259. The van der Waals surface area contributed by atoms with Crippen molar-refractivity contribution in [1.29, 1.82) is 0 Å².